The lowest BCUT2D eigenvalue weighted by molar-refractivity contribution is -0.133. The molecule has 172 valence electrons. The molecule has 2 aromatic carbocycles. The Kier molecular flexibility index (Phi) is 7.22. The van der Waals surface area contributed by atoms with Gasteiger partial charge in [0.25, 0.3) is 5.91 Å². The number of hydrogen-bond donors (Lipinski definition) is 0. The van der Waals surface area contributed by atoms with Gasteiger partial charge in [0.05, 0.1) is 27.2 Å². The summed E-state index contributed by atoms with van der Waals surface area (Å²) in [5.74, 6) is 0.0418. The number of methoxy groups -OCH3 is 3. The van der Waals surface area contributed by atoms with E-state index in [1.165, 1.54) is 45.6 Å². The van der Waals surface area contributed by atoms with Gasteiger partial charge in [-0.25, -0.2) is 4.39 Å². The number of amides is 2. The van der Waals surface area contributed by atoms with Gasteiger partial charge in [0.15, 0.2) is 11.5 Å². The fourth-order valence-electron chi connectivity index (χ4n) is 4.09. The largest absolute Gasteiger partial charge is 0.493 e. The van der Waals surface area contributed by atoms with Gasteiger partial charge in [-0.2, -0.15) is 0 Å². The summed E-state index contributed by atoms with van der Waals surface area (Å²) in [6, 6.07) is 9.08. The van der Waals surface area contributed by atoms with Crippen molar-refractivity contribution in [1.82, 2.24) is 9.80 Å². The topological polar surface area (TPSA) is 68.3 Å². The molecule has 1 aliphatic heterocycles. The van der Waals surface area contributed by atoms with Crippen LogP contribution in [0.5, 0.6) is 17.2 Å². The normalized spacial score (nSPS) is 17.8. The molecule has 0 aromatic heterocycles. The molecule has 7 nitrogen and oxygen atoms in total. The van der Waals surface area contributed by atoms with Crippen LogP contribution in [0.1, 0.15) is 28.8 Å². The van der Waals surface area contributed by atoms with Crippen LogP contribution in [-0.2, 0) is 4.79 Å². The smallest absolute Gasteiger partial charge is 0.253 e. The number of halogens is 1. The van der Waals surface area contributed by atoms with E-state index in [1.807, 2.05) is 19.1 Å². The van der Waals surface area contributed by atoms with Gasteiger partial charge in [-0.3, -0.25) is 9.59 Å². The number of rotatable bonds is 7. The maximum atomic E-state index is 13.3. The summed E-state index contributed by atoms with van der Waals surface area (Å²) in [6.45, 7) is 3.06. The number of hydrogen-bond acceptors (Lipinski definition) is 5. The van der Waals surface area contributed by atoms with Crippen molar-refractivity contribution in [2.45, 2.75) is 12.8 Å². The number of benzene rings is 2. The lowest BCUT2D eigenvalue weighted by atomic mass is 9.87. The number of likely N-dealkylation sites (tertiary alicyclic amines) is 1. The molecule has 0 saturated carbocycles. The van der Waals surface area contributed by atoms with Crippen LogP contribution in [-0.4, -0.2) is 69.6 Å². The first-order valence-corrected chi connectivity index (χ1v) is 10.4. The van der Waals surface area contributed by atoms with Gasteiger partial charge in [-0.15, -0.1) is 0 Å². The highest BCUT2D eigenvalue weighted by Crippen LogP contribution is 2.43. The second-order valence-electron chi connectivity index (χ2n) is 7.74. The second-order valence-corrected chi connectivity index (χ2v) is 7.74. The third-order valence-electron chi connectivity index (χ3n) is 5.98. The Morgan fingerprint density at radius 1 is 1.03 bits per heavy atom. The van der Waals surface area contributed by atoms with E-state index in [0.717, 1.165) is 5.56 Å². The molecule has 32 heavy (non-hydrogen) atoms. The van der Waals surface area contributed by atoms with Crippen molar-refractivity contribution in [2.24, 2.45) is 5.92 Å². The third kappa shape index (κ3) is 4.49. The van der Waals surface area contributed by atoms with E-state index in [9.17, 15) is 14.0 Å². The van der Waals surface area contributed by atoms with E-state index in [1.54, 1.807) is 16.8 Å². The van der Waals surface area contributed by atoms with E-state index in [0.29, 0.717) is 35.9 Å². The van der Waals surface area contributed by atoms with Crippen LogP contribution in [0, 0.1) is 11.7 Å². The Bertz CT molecular complexity index is 954. The van der Waals surface area contributed by atoms with Crippen LogP contribution in [0.3, 0.4) is 0 Å². The fraction of sp³-hybridized carbons (Fsp3) is 0.417. The predicted octanol–water partition coefficient (Wildman–Crippen LogP) is 3.19. The van der Waals surface area contributed by atoms with Crippen LogP contribution in [0.2, 0.25) is 0 Å². The molecule has 8 heteroatoms. The monoisotopic (exact) mass is 444 g/mol. The molecule has 0 N–H and O–H groups in total. The standard InChI is InChI=1S/C24H29FN2O5/c1-6-26(2)24(29)19-14-27(23(28)15-7-9-17(25)10-8-15)13-18(19)16-11-20(30-3)22(32-5)21(12-16)31-4/h7-12,18-19H,6,13-14H2,1-5H3/t18-,19+/m1/s1. The molecule has 1 aliphatic rings. The quantitative estimate of drug-likeness (QED) is 0.656. The van der Waals surface area contributed by atoms with Crippen LogP contribution in [0.25, 0.3) is 0 Å². The molecule has 1 fully saturated rings. The summed E-state index contributed by atoms with van der Waals surface area (Å²) in [5, 5.41) is 0. The highest BCUT2D eigenvalue weighted by molar-refractivity contribution is 5.95. The number of ether oxygens (including phenoxy) is 3. The molecule has 2 aromatic rings. The molecule has 1 saturated heterocycles. The zero-order valence-electron chi connectivity index (χ0n) is 19.1. The first kappa shape index (κ1) is 23.4. The summed E-state index contributed by atoms with van der Waals surface area (Å²) >= 11 is 0. The minimum absolute atomic E-state index is 0.0411. The van der Waals surface area contributed by atoms with Gasteiger partial charge in [0.1, 0.15) is 5.82 Å². The summed E-state index contributed by atoms with van der Waals surface area (Å²) in [4.78, 5) is 29.6. The van der Waals surface area contributed by atoms with Crippen molar-refractivity contribution in [3.63, 3.8) is 0 Å². The second kappa shape index (κ2) is 9.89. The summed E-state index contributed by atoms with van der Waals surface area (Å²) in [5.41, 5.74) is 1.20. The van der Waals surface area contributed by atoms with Gasteiger partial charge in [-0.1, -0.05) is 0 Å². The van der Waals surface area contributed by atoms with E-state index in [-0.39, 0.29) is 24.3 Å². The lowest BCUT2D eigenvalue weighted by Gasteiger charge is -2.24. The van der Waals surface area contributed by atoms with E-state index >= 15 is 0 Å². The minimum Gasteiger partial charge on any atom is -0.493 e. The first-order chi connectivity index (χ1) is 15.3. The molecule has 0 aliphatic carbocycles. The van der Waals surface area contributed by atoms with E-state index in [2.05, 4.69) is 0 Å². The predicted molar refractivity (Wildman–Crippen MR) is 118 cm³/mol. The van der Waals surface area contributed by atoms with Crippen molar-refractivity contribution in [3.05, 3.63) is 53.3 Å². The molecule has 0 radical (unpaired) electrons. The average Bonchev–Trinajstić information content (AvgIpc) is 3.27. The Hall–Kier alpha value is -3.29. The Morgan fingerprint density at radius 3 is 2.12 bits per heavy atom. The lowest BCUT2D eigenvalue weighted by Crippen LogP contribution is -2.36. The minimum atomic E-state index is -0.438. The molecule has 2 atom stereocenters. The fourth-order valence-corrected chi connectivity index (χ4v) is 4.09. The van der Waals surface area contributed by atoms with Crippen molar-refractivity contribution in [2.75, 3.05) is 48.0 Å². The van der Waals surface area contributed by atoms with E-state index in [4.69, 9.17) is 14.2 Å². The molecule has 2 amide bonds. The average molecular weight is 445 g/mol. The number of carbonyl (C=O) groups is 2. The van der Waals surface area contributed by atoms with Crippen LogP contribution < -0.4 is 14.2 Å². The Morgan fingerprint density at radius 2 is 1.62 bits per heavy atom. The molecule has 0 unspecified atom stereocenters. The highest BCUT2D eigenvalue weighted by atomic mass is 19.1. The van der Waals surface area contributed by atoms with Crippen molar-refractivity contribution >= 4 is 11.8 Å². The molecule has 3 rings (SSSR count). The molecular weight excluding hydrogens is 415 g/mol. The van der Waals surface area contributed by atoms with Gasteiger partial charge >= 0.3 is 0 Å². The zero-order chi connectivity index (χ0) is 23.4. The molecule has 0 spiro atoms. The number of carbonyl (C=O) groups excluding carboxylic acids is 2. The molecule has 0 bridgehead atoms. The van der Waals surface area contributed by atoms with Gasteiger partial charge < -0.3 is 24.0 Å². The maximum Gasteiger partial charge on any atom is 0.253 e. The SMILES string of the molecule is CCN(C)C(=O)[C@H]1CN(C(=O)c2ccc(F)cc2)C[C@@H]1c1cc(OC)c(OC)c(OC)c1. The van der Waals surface area contributed by atoms with Crippen molar-refractivity contribution in [1.29, 1.82) is 0 Å². The summed E-state index contributed by atoms with van der Waals surface area (Å²) in [6.07, 6.45) is 0. The van der Waals surface area contributed by atoms with Crippen molar-refractivity contribution < 1.29 is 28.2 Å². The van der Waals surface area contributed by atoms with Gasteiger partial charge in [0, 0.05) is 38.2 Å². The third-order valence-corrected chi connectivity index (χ3v) is 5.98. The summed E-state index contributed by atoms with van der Waals surface area (Å²) in [7, 11) is 6.35. The molecular formula is C24H29FN2O5. The Balaban J connectivity index is 2.00. The van der Waals surface area contributed by atoms with Crippen LogP contribution in [0.4, 0.5) is 4.39 Å². The van der Waals surface area contributed by atoms with Gasteiger partial charge in [-0.05, 0) is 48.9 Å². The zero-order valence-corrected chi connectivity index (χ0v) is 19.1. The molecule has 1 heterocycles. The van der Waals surface area contributed by atoms with Gasteiger partial charge in [0.2, 0.25) is 11.7 Å². The number of nitrogens with zero attached hydrogens (tertiary/aromatic N) is 2. The van der Waals surface area contributed by atoms with Crippen LogP contribution >= 0.6 is 0 Å². The maximum absolute atomic E-state index is 13.3. The van der Waals surface area contributed by atoms with E-state index < -0.39 is 11.7 Å². The summed E-state index contributed by atoms with van der Waals surface area (Å²) < 4.78 is 29.7. The Labute approximate surface area is 187 Å². The first-order valence-electron chi connectivity index (χ1n) is 10.4. The van der Waals surface area contributed by atoms with Crippen molar-refractivity contribution in [3.8, 4) is 17.2 Å². The van der Waals surface area contributed by atoms with Crippen LogP contribution in [0.15, 0.2) is 36.4 Å². The highest BCUT2D eigenvalue weighted by Gasteiger charge is 2.42.